The third-order valence-electron chi connectivity index (χ3n) is 3.58. The molecule has 1 atom stereocenters. The third-order valence-corrected chi connectivity index (χ3v) is 3.58. The predicted octanol–water partition coefficient (Wildman–Crippen LogP) is 1.22. The maximum Gasteiger partial charge on any atom is 0.255 e. The lowest BCUT2D eigenvalue weighted by Gasteiger charge is -2.27. The van der Waals surface area contributed by atoms with Crippen LogP contribution in [0.2, 0.25) is 0 Å². The van der Waals surface area contributed by atoms with Gasteiger partial charge >= 0.3 is 0 Å². The molecule has 0 saturated heterocycles. The Labute approximate surface area is 115 Å². The van der Waals surface area contributed by atoms with Crippen molar-refractivity contribution in [3.05, 3.63) is 36.0 Å². The van der Waals surface area contributed by atoms with E-state index in [9.17, 15) is 4.79 Å². The van der Waals surface area contributed by atoms with E-state index in [2.05, 4.69) is 25.4 Å². The topological polar surface area (TPSA) is 93.8 Å². The zero-order valence-electron chi connectivity index (χ0n) is 11.3. The van der Waals surface area contributed by atoms with Gasteiger partial charge in [-0.15, -0.1) is 0 Å². The number of carbonyl (C=O) groups is 1. The third kappa shape index (κ3) is 2.26. The normalized spacial score (nSPS) is 17.5. The molecule has 1 N–H and O–H groups in total. The Morgan fingerprint density at radius 3 is 2.65 bits per heavy atom. The number of amides is 1. The van der Waals surface area contributed by atoms with Crippen LogP contribution in [0.15, 0.2) is 23.2 Å². The first-order valence-corrected chi connectivity index (χ1v) is 6.48. The summed E-state index contributed by atoms with van der Waals surface area (Å²) in [5.41, 5.74) is -0.204. The Balaban J connectivity index is 1.87. The molecule has 104 valence electrons. The summed E-state index contributed by atoms with van der Waals surface area (Å²) in [6.45, 7) is 3.66. The van der Waals surface area contributed by atoms with E-state index < -0.39 is 5.54 Å². The fourth-order valence-corrected chi connectivity index (χ4v) is 2.24. The van der Waals surface area contributed by atoms with Crippen molar-refractivity contribution in [1.29, 1.82) is 0 Å². The van der Waals surface area contributed by atoms with Gasteiger partial charge in [0.05, 0.1) is 5.56 Å². The second-order valence-corrected chi connectivity index (χ2v) is 5.19. The van der Waals surface area contributed by atoms with Gasteiger partial charge < -0.3 is 9.84 Å². The smallest absolute Gasteiger partial charge is 0.255 e. The molecule has 0 spiro atoms. The average Bonchev–Trinajstić information content (AvgIpc) is 3.22. The van der Waals surface area contributed by atoms with Crippen molar-refractivity contribution >= 4 is 5.91 Å². The van der Waals surface area contributed by atoms with E-state index in [1.165, 1.54) is 18.7 Å². The molecule has 0 bridgehead atoms. The molecule has 2 heterocycles. The van der Waals surface area contributed by atoms with E-state index >= 15 is 0 Å². The molecule has 1 amide bonds. The lowest BCUT2D eigenvalue weighted by atomic mass is 9.94. The minimum Gasteiger partial charge on any atom is -0.340 e. The molecule has 7 heteroatoms. The first-order chi connectivity index (χ1) is 9.59. The van der Waals surface area contributed by atoms with Gasteiger partial charge in [0, 0.05) is 19.3 Å². The molecule has 1 fully saturated rings. The fraction of sp³-hybridized carbons (Fsp3) is 0.462. The Hall–Kier alpha value is -2.31. The van der Waals surface area contributed by atoms with E-state index in [4.69, 9.17) is 4.52 Å². The van der Waals surface area contributed by atoms with Crippen LogP contribution in [0.4, 0.5) is 0 Å². The van der Waals surface area contributed by atoms with Crippen molar-refractivity contribution in [2.24, 2.45) is 5.92 Å². The summed E-state index contributed by atoms with van der Waals surface area (Å²) >= 11 is 0. The zero-order valence-corrected chi connectivity index (χ0v) is 11.3. The van der Waals surface area contributed by atoms with Gasteiger partial charge in [0.2, 0.25) is 5.89 Å². The zero-order chi connectivity index (χ0) is 14.2. The predicted molar refractivity (Wildman–Crippen MR) is 68.6 cm³/mol. The maximum absolute atomic E-state index is 12.3. The molecule has 1 aliphatic carbocycles. The van der Waals surface area contributed by atoms with Gasteiger partial charge in [-0.1, -0.05) is 5.16 Å². The first kappa shape index (κ1) is 12.7. The molecule has 1 saturated carbocycles. The molecule has 0 aromatic carbocycles. The number of rotatable bonds is 4. The van der Waals surface area contributed by atoms with Gasteiger partial charge in [0.15, 0.2) is 5.82 Å². The summed E-state index contributed by atoms with van der Waals surface area (Å²) in [4.78, 5) is 24.3. The van der Waals surface area contributed by atoms with E-state index in [0.717, 1.165) is 12.8 Å². The van der Waals surface area contributed by atoms with Gasteiger partial charge in [-0.3, -0.25) is 4.79 Å². The second-order valence-electron chi connectivity index (χ2n) is 5.19. The number of hydrogen-bond donors (Lipinski definition) is 1. The van der Waals surface area contributed by atoms with Crippen LogP contribution in [0.3, 0.4) is 0 Å². The van der Waals surface area contributed by atoms with Crippen LogP contribution in [0.1, 0.15) is 41.8 Å². The van der Waals surface area contributed by atoms with Gasteiger partial charge in [-0.2, -0.15) is 4.98 Å². The number of aryl methyl sites for hydroxylation is 1. The van der Waals surface area contributed by atoms with Crippen LogP contribution in [0, 0.1) is 12.8 Å². The average molecular weight is 273 g/mol. The molecule has 0 radical (unpaired) electrons. The standard InChI is InChI=1S/C13H15N5O2/c1-8-16-12(18-20-8)13(2,10-3-4-10)17-11(19)9-5-14-7-15-6-9/h5-7,10H,3-4H2,1-2H3,(H,17,19). The summed E-state index contributed by atoms with van der Waals surface area (Å²) in [5, 5.41) is 6.96. The fourth-order valence-electron chi connectivity index (χ4n) is 2.24. The minimum atomic E-state index is -0.620. The summed E-state index contributed by atoms with van der Waals surface area (Å²) in [6, 6.07) is 0. The van der Waals surface area contributed by atoms with Gasteiger partial charge in [0.1, 0.15) is 11.9 Å². The van der Waals surface area contributed by atoms with E-state index in [1.807, 2.05) is 6.92 Å². The van der Waals surface area contributed by atoms with E-state index in [0.29, 0.717) is 23.2 Å². The highest BCUT2D eigenvalue weighted by Gasteiger charge is 2.47. The SMILES string of the molecule is Cc1nc(C(C)(NC(=O)c2cncnc2)C2CC2)no1. The largest absolute Gasteiger partial charge is 0.340 e. The van der Waals surface area contributed by atoms with Crippen molar-refractivity contribution < 1.29 is 9.32 Å². The molecule has 20 heavy (non-hydrogen) atoms. The van der Waals surface area contributed by atoms with Gasteiger partial charge in [0.25, 0.3) is 5.91 Å². The van der Waals surface area contributed by atoms with Crippen molar-refractivity contribution in [2.75, 3.05) is 0 Å². The lowest BCUT2D eigenvalue weighted by Crippen LogP contribution is -2.46. The molecule has 0 aliphatic heterocycles. The quantitative estimate of drug-likeness (QED) is 0.900. The summed E-state index contributed by atoms with van der Waals surface area (Å²) < 4.78 is 5.04. The Kier molecular flexibility index (Phi) is 2.96. The van der Waals surface area contributed by atoms with Crippen molar-refractivity contribution in [2.45, 2.75) is 32.2 Å². The van der Waals surface area contributed by atoms with Crippen molar-refractivity contribution in [3.63, 3.8) is 0 Å². The van der Waals surface area contributed by atoms with E-state index in [-0.39, 0.29) is 5.91 Å². The monoisotopic (exact) mass is 273 g/mol. The summed E-state index contributed by atoms with van der Waals surface area (Å²) in [5.74, 6) is 1.10. The number of aromatic nitrogens is 4. The number of nitrogens with zero attached hydrogens (tertiary/aromatic N) is 4. The lowest BCUT2D eigenvalue weighted by molar-refractivity contribution is 0.0884. The highest BCUT2D eigenvalue weighted by atomic mass is 16.5. The Morgan fingerprint density at radius 1 is 1.40 bits per heavy atom. The highest BCUT2D eigenvalue weighted by Crippen LogP contribution is 2.44. The number of carbonyl (C=O) groups excluding carboxylic acids is 1. The van der Waals surface area contributed by atoms with Crippen LogP contribution in [0.25, 0.3) is 0 Å². The van der Waals surface area contributed by atoms with Crippen LogP contribution < -0.4 is 5.32 Å². The second kappa shape index (κ2) is 4.66. The summed E-state index contributed by atoms with van der Waals surface area (Å²) in [6.07, 6.45) is 6.43. The molecular weight excluding hydrogens is 258 g/mol. The molecule has 1 aliphatic rings. The molecule has 3 rings (SSSR count). The molecule has 1 unspecified atom stereocenters. The molecule has 2 aromatic heterocycles. The van der Waals surface area contributed by atoms with Crippen LogP contribution in [0.5, 0.6) is 0 Å². The minimum absolute atomic E-state index is 0.234. The maximum atomic E-state index is 12.3. The molecule has 7 nitrogen and oxygen atoms in total. The van der Waals surface area contributed by atoms with E-state index in [1.54, 1.807) is 6.92 Å². The van der Waals surface area contributed by atoms with Crippen LogP contribution >= 0.6 is 0 Å². The highest BCUT2D eigenvalue weighted by molar-refractivity contribution is 5.94. The van der Waals surface area contributed by atoms with Gasteiger partial charge in [-0.05, 0) is 25.7 Å². The molecular formula is C13H15N5O2. The Bertz CT molecular complexity index is 623. The summed E-state index contributed by atoms with van der Waals surface area (Å²) in [7, 11) is 0. The van der Waals surface area contributed by atoms with Crippen molar-refractivity contribution in [3.8, 4) is 0 Å². The van der Waals surface area contributed by atoms with Gasteiger partial charge in [-0.25, -0.2) is 9.97 Å². The van der Waals surface area contributed by atoms with Crippen LogP contribution in [-0.4, -0.2) is 26.0 Å². The first-order valence-electron chi connectivity index (χ1n) is 6.48. The van der Waals surface area contributed by atoms with Crippen molar-refractivity contribution in [1.82, 2.24) is 25.4 Å². The number of hydrogen-bond acceptors (Lipinski definition) is 6. The number of nitrogens with one attached hydrogen (secondary N) is 1. The van der Waals surface area contributed by atoms with Crippen LogP contribution in [-0.2, 0) is 5.54 Å². The Morgan fingerprint density at radius 2 is 2.10 bits per heavy atom. The molecule has 2 aromatic rings.